The van der Waals surface area contributed by atoms with Gasteiger partial charge in [0.15, 0.2) is 5.78 Å². The number of hydrogen-bond acceptors (Lipinski definition) is 4. The van der Waals surface area contributed by atoms with Crippen molar-refractivity contribution in [3.63, 3.8) is 0 Å². The lowest BCUT2D eigenvalue weighted by molar-refractivity contribution is -0.00671. The number of carbonyl (C=O) groups is 1. The standard InChI is InChI=1S/C11H11FO4/c12-6-1-2-10-7(3-6)8(14)4-11(16-10)9(15)5-13/h1-3,9,11,13,15H,4-5H2. The molecule has 0 radical (unpaired) electrons. The minimum Gasteiger partial charge on any atom is -0.486 e. The van der Waals surface area contributed by atoms with Crippen molar-refractivity contribution in [1.82, 2.24) is 0 Å². The maximum Gasteiger partial charge on any atom is 0.170 e. The molecule has 0 aliphatic carbocycles. The number of Topliss-reactive ketones (excluding diaryl/α,β-unsaturated/α-hetero) is 1. The molecule has 4 nitrogen and oxygen atoms in total. The monoisotopic (exact) mass is 226 g/mol. The van der Waals surface area contributed by atoms with Gasteiger partial charge < -0.3 is 14.9 Å². The highest BCUT2D eigenvalue weighted by Gasteiger charge is 2.31. The molecule has 2 unspecified atom stereocenters. The molecular weight excluding hydrogens is 215 g/mol. The van der Waals surface area contributed by atoms with E-state index >= 15 is 0 Å². The smallest absolute Gasteiger partial charge is 0.170 e. The molecule has 0 spiro atoms. The normalized spacial score (nSPS) is 21.2. The number of benzene rings is 1. The molecule has 2 atom stereocenters. The van der Waals surface area contributed by atoms with Gasteiger partial charge in [-0.1, -0.05) is 0 Å². The summed E-state index contributed by atoms with van der Waals surface area (Å²) in [5, 5.41) is 18.1. The highest BCUT2D eigenvalue weighted by molar-refractivity contribution is 5.99. The molecule has 1 aliphatic rings. The number of ketones is 1. The van der Waals surface area contributed by atoms with E-state index in [1.54, 1.807) is 0 Å². The summed E-state index contributed by atoms with van der Waals surface area (Å²) in [5.41, 5.74) is 0.182. The lowest BCUT2D eigenvalue weighted by Gasteiger charge is -2.27. The van der Waals surface area contributed by atoms with Gasteiger partial charge in [0.05, 0.1) is 18.6 Å². The van der Waals surface area contributed by atoms with Crippen LogP contribution >= 0.6 is 0 Å². The van der Waals surface area contributed by atoms with E-state index < -0.39 is 24.6 Å². The predicted molar refractivity (Wildman–Crippen MR) is 52.9 cm³/mol. The molecule has 5 heteroatoms. The van der Waals surface area contributed by atoms with Crippen LogP contribution in [-0.4, -0.2) is 34.8 Å². The third-order valence-electron chi connectivity index (χ3n) is 2.52. The first kappa shape index (κ1) is 11.0. The molecule has 0 saturated heterocycles. The summed E-state index contributed by atoms with van der Waals surface area (Å²) in [6.45, 7) is -0.478. The van der Waals surface area contributed by atoms with Crippen molar-refractivity contribution in [3.05, 3.63) is 29.6 Å². The first-order chi connectivity index (χ1) is 7.61. The van der Waals surface area contributed by atoms with E-state index in [9.17, 15) is 14.3 Å². The van der Waals surface area contributed by atoms with Gasteiger partial charge in [0.2, 0.25) is 0 Å². The molecule has 2 N–H and O–H groups in total. The zero-order valence-electron chi connectivity index (χ0n) is 8.39. The van der Waals surface area contributed by atoms with Gasteiger partial charge in [0.25, 0.3) is 0 Å². The van der Waals surface area contributed by atoms with Gasteiger partial charge in [0.1, 0.15) is 23.8 Å². The highest BCUT2D eigenvalue weighted by atomic mass is 19.1. The molecule has 0 fully saturated rings. The van der Waals surface area contributed by atoms with Crippen LogP contribution in [0, 0.1) is 5.82 Å². The summed E-state index contributed by atoms with van der Waals surface area (Å²) in [4.78, 5) is 11.6. The average Bonchev–Trinajstić information content (AvgIpc) is 2.28. The van der Waals surface area contributed by atoms with E-state index in [0.29, 0.717) is 0 Å². The highest BCUT2D eigenvalue weighted by Crippen LogP contribution is 2.29. The van der Waals surface area contributed by atoms with Gasteiger partial charge in [0, 0.05) is 0 Å². The maximum absolute atomic E-state index is 12.9. The van der Waals surface area contributed by atoms with Crippen LogP contribution in [0.5, 0.6) is 5.75 Å². The number of fused-ring (bicyclic) bond motifs is 1. The molecule has 0 aromatic heterocycles. The SMILES string of the molecule is O=C1CC(C(O)CO)Oc2ccc(F)cc21. The van der Waals surface area contributed by atoms with Crippen molar-refractivity contribution in [3.8, 4) is 5.75 Å². The molecule has 0 bridgehead atoms. The molecule has 1 aromatic carbocycles. The Labute approximate surface area is 91.3 Å². The van der Waals surface area contributed by atoms with Gasteiger partial charge in [-0.2, -0.15) is 0 Å². The quantitative estimate of drug-likeness (QED) is 0.771. The number of carbonyl (C=O) groups excluding carboxylic acids is 1. The van der Waals surface area contributed by atoms with E-state index in [-0.39, 0.29) is 23.5 Å². The Balaban J connectivity index is 2.30. The van der Waals surface area contributed by atoms with Crippen LogP contribution in [0.15, 0.2) is 18.2 Å². The summed E-state index contributed by atoms with van der Waals surface area (Å²) in [6.07, 6.45) is -1.93. The van der Waals surface area contributed by atoms with Crippen LogP contribution in [0.2, 0.25) is 0 Å². The predicted octanol–water partition coefficient (Wildman–Crippen LogP) is 0.513. The van der Waals surface area contributed by atoms with Crippen LogP contribution in [0.4, 0.5) is 4.39 Å². The second kappa shape index (κ2) is 4.19. The van der Waals surface area contributed by atoms with Crippen LogP contribution in [-0.2, 0) is 0 Å². The molecule has 1 aromatic rings. The topological polar surface area (TPSA) is 66.8 Å². The number of aliphatic hydroxyl groups is 2. The third kappa shape index (κ3) is 1.91. The Bertz CT molecular complexity index is 418. The molecule has 2 rings (SSSR count). The summed E-state index contributed by atoms with van der Waals surface area (Å²) >= 11 is 0. The van der Waals surface area contributed by atoms with Crippen LogP contribution in [0.3, 0.4) is 0 Å². The fourth-order valence-electron chi connectivity index (χ4n) is 1.65. The maximum atomic E-state index is 12.9. The van der Waals surface area contributed by atoms with Gasteiger partial charge >= 0.3 is 0 Å². The fourth-order valence-corrected chi connectivity index (χ4v) is 1.65. The van der Waals surface area contributed by atoms with E-state index in [0.717, 1.165) is 6.07 Å². The zero-order chi connectivity index (χ0) is 11.7. The Hall–Kier alpha value is -1.46. The van der Waals surface area contributed by atoms with Crippen molar-refractivity contribution in [2.24, 2.45) is 0 Å². The molecule has 0 amide bonds. The van der Waals surface area contributed by atoms with Crippen molar-refractivity contribution < 1.29 is 24.1 Å². The summed E-state index contributed by atoms with van der Waals surface area (Å²) in [7, 11) is 0. The fraction of sp³-hybridized carbons (Fsp3) is 0.364. The second-order valence-corrected chi connectivity index (χ2v) is 3.67. The molecular formula is C11H11FO4. The zero-order valence-corrected chi connectivity index (χ0v) is 8.39. The van der Waals surface area contributed by atoms with Gasteiger partial charge in [-0.15, -0.1) is 0 Å². The van der Waals surface area contributed by atoms with Crippen molar-refractivity contribution in [1.29, 1.82) is 0 Å². The summed E-state index contributed by atoms with van der Waals surface area (Å²) < 4.78 is 18.2. The Morgan fingerprint density at radius 3 is 3.00 bits per heavy atom. The van der Waals surface area contributed by atoms with E-state index in [4.69, 9.17) is 9.84 Å². The minimum absolute atomic E-state index is 0.0574. The number of rotatable bonds is 2. The molecule has 86 valence electrons. The lowest BCUT2D eigenvalue weighted by atomic mass is 9.98. The Morgan fingerprint density at radius 2 is 2.31 bits per heavy atom. The van der Waals surface area contributed by atoms with E-state index in [1.165, 1.54) is 12.1 Å². The lowest BCUT2D eigenvalue weighted by Crippen LogP contribution is -2.39. The number of aliphatic hydroxyl groups excluding tert-OH is 2. The second-order valence-electron chi connectivity index (χ2n) is 3.67. The minimum atomic E-state index is -1.11. The summed E-state index contributed by atoms with van der Waals surface area (Å²) in [6, 6.07) is 3.64. The first-order valence-electron chi connectivity index (χ1n) is 4.90. The van der Waals surface area contributed by atoms with Crippen LogP contribution < -0.4 is 4.74 Å². The number of ether oxygens (including phenoxy) is 1. The Kier molecular flexibility index (Phi) is 2.89. The van der Waals surface area contributed by atoms with Crippen molar-refractivity contribution in [2.75, 3.05) is 6.61 Å². The molecule has 1 aliphatic heterocycles. The molecule has 16 heavy (non-hydrogen) atoms. The largest absolute Gasteiger partial charge is 0.486 e. The van der Waals surface area contributed by atoms with Crippen LogP contribution in [0.25, 0.3) is 0 Å². The first-order valence-corrected chi connectivity index (χ1v) is 4.90. The van der Waals surface area contributed by atoms with Gasteiger partial charge in [-0.25, -0.2) is 4.39 Å². The number of hydrogen-bond donors (Lipinski definition) is 2. The van der Waals surface area contributed by atoms with Crippen LogP contribution in [0.1, 0.15) is 16.8 Å². The Morgan fingerprint density at radius 1 is 1.56 bits per heavy atom. The van der Waals surface area contributed by atoms with Crippen molar-refractivity contribution >= 4 is 5.78 Å². The van der Waals surface area contributed by atoms with Gasteiger partial charge in [-0.3, -0.25) is 4.79 Å². The number of halogens is 1. The van der Waals surface area contributed by atoms with Gasteiger partial charge in [-0.05, 0) is 18.2 Å². The third-order valence-corrected chi connectivity index (χ3v) is 2.52. The average molecular weight is 226 g/mol. The molecule has 0 saturated carbocycles. The summed E-state index contributed by atoms with van der Waals surface area (Å²) in [5.74, 6) is -0.551. The van der Waals surface area contributed by atoms with E-state index in [2.05, 4.69) is 0 Å². The van der Waals surface area contributed by atoms with Crippen molar-refractivity contribution in [2.45, 2.75) is 18.6 Å². The van der Waals surface area contributed by atoms with E-state index in [1.807, 2.05) is 0 Å². The molecule has 1 heterocycles.